The van der Waals surface area contributed by atoms with Crippen LogP contribution in [0.25, 0.3) is 0 Å². The Hall–Kier alpha value is -2.94. The third kappa shape index (κ3) is 4.48. The summed E-state index contributed by atoms with van der Waals surface area (Å²) < 4.78 is 27.1. The van der Waals surface area contributed by atoms with Crippen LogP contribution < -0.4 is 0 Å². The number of esters is 4. The molecule has 9 nitrogen and oxygen atoms in total. The predicted octanol–water partition coefficient (Wildman–Crippen LogP) is 1.94. The Labute approximate surface area is 186 Å². The van der Waals surface area contributed by atoms with Crippen LogP contribution in [0.15, 0.2) is 35.5 Å². The highest BCUT2D eigenvalue weighted by Crippen LogP contribution is 2.41. The number of rotatable bonds is 4. The number of carbonyl (C=O) groups is 4. The Morgan fingerprint density at radius 2 is 1.91 bits per heavy atom. The topological polar surface area (TPSA) is 118 Å². The molecule has 2 saturated heterocycles. The van der Waals surface area contributed by atoms with E-state index in [0.29, 0.717) is 12.8 Å². The molecule has 6 atom stereocenters. The van der Waals surface area contributed by atoms with Gasteiger partial charge in [-0.3, -0.25) is 4.79 Å². The van der Waals surface area contributed by atoms with Crippen molar-refractivity contribution in [3.8, 4) is 0 Å². The monoisotopic (exact) mass is 448 g/mol. The van der Waals surface area contributed by atoms with Crippen LogP contribution in [0.2, 0.25) is 0 Å². The first-order valence-corrected chi connectivity index (χ1v) is 10.4. The van der Waals surface area contributed by atoms with E-state index in [1.54, 1.807) is 26.0 Å². The van der Waals surface area contributed by atoms with Crippen LogP contribution in [-0.4, -0.2) is 61.0 Å². The Balaban J connectivity index is 2.14. The SMILES string of the molecule is C=C1C(=O)O[C@@H]2/C=C(/C)CC/C=C(/C(=O)OC)[C@H](OC(C)=O)[C@@H](OC(=O)[C@@]3(C)O[C@H]3C)[C@@H]12. The van der Waals surface area contributed by atoms with E-state index in [4.69, 9.17) is 23.7 Å². The summed E-state index contributed by atoms with van der Waals surface area (Å²) in [5, 5.41) is 0. The fourth-order valence-corrected chi connectivity index (χ4v) is 3.98. The second-order valence-corrected chi connectivity index (χ2v) is 8.39. The number of epoxide rings is 1. The van der Waals surface area contributed by atoms with Gasteiger partial charge >= 0.3 is 23.9 Å². The molecular formula is C23H28O9. The lowest BCUT2D eigenvalue weighted by Gasteiger charge is -2.33. The molecule has 0 amide bonds. The van der Waals surface area contributed by atoms with Crippen LogP contribution in [-0.2, 0) is 42.9 Å². The van der Waals surface area contributed by atoms with E-state index in [9.17, 15) is 19.2 Å². The summed E-state index contributed by atoms with van der Waals surface area (Å²) in [6, 6.07) is 0. The Bertz CT molecular complexity index is 914. The number of hydrogen-bond donors (Lipinski definition) is 0. The summed E-state index contributed by atoms with van der Waals surface area (Å²) >= 11 is 0. The molecule has 0 bridgehead atoms. The van der Waals surface area contributed by atoms with Gasteiger partial charge in [-0.25, -0.2) is 14.4 Å². The van der Waals surface area contributed by atoms with Crippen LogP contribution in [0.1, 0.15) is 40.5 Å². The molecule has 3 aliphatic rings. The van der Waals surface area contributed by atoms with Gasteiger partial charge in [0, 0.05) is 12.5 Å². The molecule has 2 fully saturated rings. The normalized spacial score (nSPS) is 37.6. The smallest absolute Gasteiger partial charge is 0.341 e. The summed E-state index contributed by atoms with van der Waals surface area (Å²) in [7, 11) is 1.20. The van der Waals surface area contributed by atoms with Crippen LogP contribution in [0, 0.1) is 5.92 Å². The van der Waals surface area contributed by atoms with Crippen molar-refractivity contribution >= 4 is 23.9 Å². The fraction of sp³-hybridized carbons (Fsp3) is 0.565. The van der Waals surface area contributed by atoms with Gasteiger partial charge in [-0.2, -0.15) is 0 Å². The molecule has 0 spiro atoms. The molecule has 0 aromatic heterocycles. The molecule has 0 unspecified atom stereocenters. The molecular weight excluding hydrogens is 420 g/mol. The summed E-state index contributed by atoms with van der Waals surface area (Å²) in [4.78, 5) is 50.0. The van der Waals surface area contributed by atoms with E-state index in [0.717, 1.165) is 5.57 Å². The zero-order valence-corrected chi connectivity index (χ0v) is 18.8. The zero-order chi connectivity index (χ0) is 23.8. The fourth-order valence-electron chi connectivity index (χ4n) is 3.98. The Kier molecular flexibility index (Phi) is 6.59. The summed E-state index contributed by atoms with van der Waals surface area (Å²) in [6.45, 7) is 10.2. The van der Waals surface area contributed by atoms with Crippen molar-refractivity contribution in [2.45, 2.75) is 70.6 Å². The molecule has 0 aromatic carbocycles. The number of methoxy groups -OCH3 is 1. The van der Waals surface area contributed by atoms with Crippen molar-refractivity contribution < 1.29 is 42.9 Å². The molecule has 0 saturated carbocycles. The van der Waals surface area contributed by atoms with Crippen LogP contribution in [0.3, 0.4) is 0 Å². The van der Waals surface area contributed by atoms with Gasteiger partial charge in [0.1, 0.15) is 6.10 Å². The molecule has 2 heterocycles. The number of hydrogen-bond acceptors (Lipinski definition) is 9. The number of carbonyl (C=O) groups excluding carboxylic acids is 4. The first-order chi connectivity index (χ1) is 15.0. The lowest BCUT2D eigenvalue weighted by atomic mass is 9.83. The van der Waals surface area contributed by atoms with Crippen LogP contribution in [0.5, 0.6) is 0 Å². The second kappa shape index (κ2) is 8.90. The standard InChI is InChI=1S/C23H28O9/c1-11-8-7-9-15(21(26)28-6)18(29-14(4)24)19(31-22(27)23(5)13(3)32-23)17-12(2)20(25)30-16(17)10-11/h9-10,13,16-19H,2,7-8H2,1,3-6H3/b11-10-,15-9+/t13-,16+,17-,18-,19-,23-/m0/s1. The van der Waals surface area contributed by atoms with Crippen molar-refractivity contribution in [1.29, 1.82) is 0 Å². The lowest BCUT2D eigenvalue weighted by molar-refractivity contribution is -0.173. The third-order valence-electron chi connectivity index (χ3n) is 6.07. The number of fused-ring (bicyclic) bond motifs is 1. The minimum atomic E-state index is -1.34. The van der Waals surface area contributed by atoms with E-state index >= 15 is 0 Å². The van der Waals surface area contributed by atoms with Crippen molar-refractivity contribution in [2.24, 2.45) is 5.92 Å². The number of ether oxygens (including phenoxy) is 5. The second-order valence-electron chi connectivity index (χ2n) is 8.39. The zero-order valence-electron chi connectivity index (χ0n) is 18.8. The maximum absolute atomic E-state index is 13.0. The summed E-state index contributed by atoms with van der Waals surface area (Å²) in [6.07, 6.45) is 0.540. The quantitative estimate of drug-likeness (QED) is 0.209. The average Bonchev–Trinajstić information content (AvgIpc) is 3.25. The minimum absolute atomic E-state index is 0.0102. The molecule has 0 N–H and O–H groups in total. The average molecular weight is 448 g/mol. The molecule has 2 aliphatic heterocycles. The Morgan fingerprint density at radius 1 is 1.25 bits per heavy atom. The minimum Gasteiger partial charge on any atom is -0.466 e. The maximum Gasteiger partial charge on any atom is 0.341 e. The molecule has 3 rings (SSSR count). The van der Waals surface area contributed by atoms with Crippen molar-refractivity contribution in [3.05, 3.63) is 35.5 Å². The molecule has 0 radical (unpaired) electrons. The highest BCUT2D eigenvalue weighted by Gasteiger charge is 2.59. The van der Waals surface area contributed by atoms with Gasteiger partial charge in [0.2, 0.25) is 0 Å². The highest BCUT2D eigenvalue weighted by molar-refractivity contribution is 5.93. The largest absolute Gasteiger partial charge is 0.466 e. The van der Waals surface area contributed by atoms with Gasteiger partial charge in [-0.15, -0.1) is 0 Å². The van der Waals surface area contributed by atoms with E-state index in [1.165, 1.54) is 14.0 Å². The van der Waals surface area contributed by atoms with E-state index in [-0.39, 0.29) is 17.3 Å². The predicted molar refractivity (Wildman–Crippen MR) is 110 cm³/mol. The van der Waals surface area contributed by atoms with Gasteiger partial charge in [0.25, 0.3) is 0 Å². The van der Waals surface area contributed by atoms with Crippen LogP contribution >= 0.6 is 0 Å². The number of allylic oxidation sites excluding steroid dienone is 2. The highest BCUT2D eigenvalue weighted by atomic mass is 16.7. The van der Waals surface area contributed by atoms with Gasteiger partial charge in [0.05, 0.1) is 24.7 Å². The molecule has 32 heavy (non-hydrogen) atoms. The molecule has 9 heteroatoms. The van der Waals surface area contributed by atoms with Crippen molar-refractivity contribution in [3.63, 3.8) is 0 Å². The van der Waals surface area contributed by atoms with Gasteiger partial charge in [-0.1, -0.05) is 18.2 Å². The van der Waals surface area contributed by atoms with E-state index in [1.807, 2.05) is 6.92 Å². The van der Waals surface area contributed by atoms with E-state index in [2.05, 4.69) is 6.58 Å². The summed E-state index contributed by atoms with van der Waals surface area (Å²) in [5.41, 5.74) is -0.216. The van der Waals surface area contributed by atoms with E-state index < -0.39 is 53.7 Å². The third-order valence-corrected chi connectivity index (χ3v) is 6.07. The van der Waals surface area contributed by atoms with Gasteiger partial charge in [0.15, 0.2) is 17.8 Å². The van der Waals surface area contributed by atoms with Crippen molar-refractivity contribution in [1.82, 2.24) is 0 Å². The lowest BCUT2D eigenvalue weighted by Crippen LogP contribution is -2.47. The van der Waals surface area contributed by atoms with Gasteiger partial charge in [-0.05, 0) is 39.7 Å². The molecule has 174 valence electrons. The molecule has 0 aromatic rings. The molecule has 1 aliphatic carbocycles. The van der Waals surface area contributed by atoms with Crippen molar-refractivity contribution in [2.75, 3.05) is 7.11 Å². The first kappa shape index (κ1) is 23.7. The Morgan fingerprint density at radius 3 is 2.47 bits per heavy atom. The van der Waals surface area contributed by atoms with Gasteiger partial charge < -0.3 is 23.7 Å². The first-order valence-electron chi connectivity index (χ1n) is 10.4. The maximum atomic E-state index is 13.0. The van der Waals surface area contributed by atoms with Crippen LogP contribution in [0.4, 0.5) is 0 Å². The summed E-state index contributed by atoms with van der Waals surface area (Å²) in [5.74, 6) is -3.70.